The predicted molar refractivity (Wildman–Crippen MR) is 133 cm³/mol. The minimum atomic E-state index is -0.454. The topological polar surface area (TPSA) is 81.7 Å². The summed E-state index contributed by atoms with van der Waals surface area (Å²) in [7, 11) is 1.66. The minimum absolute atomic E-state index is 0.111. The number of pyridine rings is 1. The number of likely N-dealkylation sites (tertiary alicyclic amines) is 1. The van der Waals surface area contributed by atoms with E-state index in [-0.39, 0.29) is 17.9 Å². The van der Waals surface area contributed by atoms with Gasteiger partial charge in [0.1, 0.15) is 5.75 Å². The number of aliphatic hydroxyl groups is 1. The van der Waals surface area contributed by atoms with E-state index in [9.17, 15) is 9.90 Å². The zero-order valence-corrected chi connectivity index (χ0v) is 19.6. The molecule has 0 bridgehead atoms. The number of fused-ring (bicyclic) bond motifs is 4. The van der Waals surface area contributed by atoms with Crippen LogP contribution in [0, 0.1) is 0 Å². The van der Waals surface area contributed by atoms with Gasteiger partial charge in [-0.15, -0.1) is 0 Å². The number of rotatable bonds is 5. The first kappa shape index (κ1) is 21.8. The molecule has 0 saturated carbocycles. The second kappa shape index (κ2) is 8.52. The number of aromatic nitrogens is 2. The molecule has 6 rings (SSSR count). The Morgan fingerprint density at radius 2 is 1.97 bits per heavy atom. The molecule has 1 saturated heterocycles. The number of carbonyl (C=O) groups excluding carboxylic acids is 1. The maximum absolute atomic E-state index is 13.6. The summed E-state index contributed by atoms with van der Waals surface area (Å²) in [5.41, 5.74) is 4.68. The van der Waals surface area contributed by atoms with Gasteiger partial charge in [0.25, 0.3) is 5.91 Å². The first-order chi connectivity index (χ1) is 17.1. The average molecular weight is 469 g/mol. The molecule has 4 aromatic rings. The summed E-state index contributed by atoms with van der Waals surface area (Å²) >= 11 is 0. The van der Waals surface area contributed by atoms with Crippen molar-refractivity contribution in [3.05, 3.63) is 95.4 Å². The number of aliphatic hydroxyl groups excluding tert-OH is 1. The highest BCUT2D eigenvalue weighted by atomic mass is 16.5. The molecular weight excluding hydrogens is 440 g/mol. The van der Waals surface area contributed by atoms with E-state index in [0.29, 0.717) is 12.1 Å². The van der Waals surface area contributed by atoms with Gasteiger partial charge in [0.15, 0.2) is 0 Å². The Labute approximate surface area is 204 Å². The molecule has 7 nitrogen and oxygen atoms in total. The number of H-pyrrole nitrogens is 1. The summed E-state index contributed by atoms with van der Waals surface area (Å²) in [4.78, 5) is 25.6. The second-order valence-corrected chi connectivity index (χ2v) is 9.61. The van der Waals surface area contributed by atoms with Gasteiger partial charge in [0.05, 0.1) is 25.3 Å². The first-order valence-electron chi connectivity index (χ1n) is 11.9. The summed E-state index contributed by atoms with van der Waals surface area (Å²) in [6.07, 6.45) is 3.26. The molecule has 1 fully saturated rings. The SMILES string of the molecule is COc1ccc2c3c([nH]c2c1)[C@@H](CO)N(C(=O)c1cccnc1)CC31CN(Cc2ccccc2)C1. The Morgan fingerprint density at radius 3 is 2.69 bits per heavy atom. The number of benzene rings is 2. The van der Waals surface area contributed by atoms with Crippen LogP contribution in [-0.4, -0.2) is 64.1 Å². The molecule has 2 aromatic heterocycles. The van der Waals surface area contributed by atoms with Crippen molar-refractivity contribution in [2.45, 2.75) is 18.0 Å². The van der Waals surface area contributed by atoms with Gasteiger partial charge in [0.2, 0.25) is 0 Å². The Bertz CT molecular complexity index is 1360. The fourth-order valence-electron chi connectivity index (χ4n) is 5.90. The molecule has 35 heavy (non-hydrogen) atoms. The van der Waals surface area contributed by atoms with Gasteiger partial charge in [0, 0.05) is 66.7 Å². The fraction of sp³-hybridized carbons (Fsp3) is 0.286. The normalized spacial score (nSPS) is 18.9. The van der Waals surface area contributed by atoms with Crippen LogP contribution in [0.15, 0.2) is 73.1 Å². The predicted octanol–water partition coefficient (Wildman–Crippen LogP) is 3.51. The lowest BCUT2D eigenvalue weighted by atomic mass is 9.68. The van der Waals surface area contributed by atoms with Gasteiger partial charge in [-0.05, 0) is 35.4 Å². The lowest BCUT2D eigenvalue weighted by Crippen LogP contribution is -2.66. The van der Waals surface area contributed by atoms with Crippen LogP contribution < -0.4 is 4.74 Å². The second-order valence-electron chi connectivity index (χ2n) is 9.61. The van der Waals surface area contributed by atoms with Crippen molar-refractivity contribution < 1.29 is 14.6 Å². The molecule has 0 aliphatic carbocycles. The third-order valence-electron chi connectivity index (χ3n) is 7.39. The van der Waals surface area contributed by atoms with Crippen molar-refractivity contribution in [3.63, 3.8) is 0 Å². The monoisotopic (exact) mass is 468 g/mol. The van der Waals surface area contributed by atoms with Gasteiger partial charge in [-0.2, -0.15) is 0 Å². The Morgan fingerprint density at radius 1 is 1.14 bits per heavy atom. The number of aromatic amines is 1. The number of amides is 1. The summed E-state index contributed by atoms with van der Waals surface area (Å²) in [6.45, 7) is 2.93. The number of nitrogens with zero attached hydrogens (tertiary/aromatic N) is 3. The third kappa shape index (κ3) is 3.59. The number of ether oxygens (including phenoxy) is 1. The van der Waals surface area contributed by atoms with E-state index in [4.69, 9.17) is 4.74 Å². The third-order valence-corrected chi connectivity index (χ3v) is 7.39. The largest absolute Gasteiger partial charge is 0.497 e. The summed E-state index contributed by atoms with van der Waals surface area (Å²) < 4.78 is 5.45. The van der Waals surface area contributed by atoms with E-state index >= 15 is 0 Å². The van der Waals surface area contributed by atoms with Crippen LogP contribution in [0.25, 0.3) is 10.9 Å². The molecule has 7 heteroatoms. The number of nitrogens with one attached hydrogen (secondary N) is 1. The van der Waals surface area contributed by atoms with Crippen LogP contribution in [0.4, 0.5) is 0 Å². The molecule has 0 unspecified atom stereocenters. The van der Waals surface area contributed by atoms with Crippen molar-refractivity contribution in [2.24, 2.45) is 0 Å². The standard InChI is InChI=1S/C28H28N4O3/c1-35-21-9-10-22-23(12-21)30-26-24(15-33)32(27(34)20-8-5-11-29-13-20)18-28(25(22)26)16-31(17-28)14-19-6-3-2-4-7-19/h2-13,24,30,33H,14-18H2,1H3/t24-/m1/s1. The zero-order chi connectivity index (χ0) is 24.0. The number of hydrogen-bond acceptors (Lipinski definition) is 5. The van der Waals surface area contributed by atoms with Gasteiger partial charge in [-0.3, -0.25) is 14.7 Å². The van der Waals surface area contributed by atoms with Crippen LogP contribution in [-0.2, 0) is 12.0 Å². The van der Waals surface area contributed by atoms with Crippen LogP contribution in [0.5, 0.6) is 5.75 Å². The van der Waals surface area contributed by atoms with E-state index in [1.54, 1.807) is 31.6 Å². The van der Waals surface area contributed by atoms with E-state index < -0.39 is 6.04 Å². The molecule has 1 spiro atoms. The van der Waals surface area contributed by atoms with Crippen LogP contribution in [0.2, 0.25) is 0 Å². The van der Waals surface area contributed by atoms with Crippen LogP contribution in [0.3, 0.4) is 0 Å². The van der Waals surface area contributed by atoms with Crippen molar-refractivity contribution in [3.8, 4) is 5.75 Å². The summed E-state index contributed by atoms with van der Waals surface area (Å²) in [5, 5.41) is 11.6. The van der Waals surface area contributed by atoms with E-state index in [1.807, 2.05) is 23.1 Å². The summed E-state index contributed by atoms with van der Waals surface area (Å²) in [6, 6.07) is 19.6. The fourth-order valence-corrected chi connectivity index (χ4v) is 5.90. The van der Waals surface area contributed by atoms with Gasteiger partial charge < -0.3 is 19.7 Å². The molecule has 0 radical (unpaired) electrons. The van der Waals surface area contributed by atoms with Crippen molar-refractivity contribution in [1.82, 2.24) is 19.8 Å². The highest BCUT2D eigenvalue weighted by Gasteiger charge is 2.53. The molecule has 178 valence electrons. The van der Waals surface area contributed by atoms with E-state index in [1.165, 1.54) is 11.1 Å². The number of methoxy groups -OCH3 is 1. The lowest BCUT2D eigenvalue weighted by molar-refractivity contribution is -0.00403. The highest BCUT2D eigenvalue weighted by molar-refractivity contribution is 5.95. The molecule has 1 atom stereocenters. The van der Waals surface area contributed by atoms with Gasteiger partial charge in [-0.25, -0.2) is 0 Å². The molecule has 2 aliphatic heterocycles. The Balaban J connectivity index is 1.42. The molecule has 4 heterocycles. The minimum Gasteiger partial charge on any atom is -0.497 e. The zero-order valence-electron chi connectivity index (χ0n) is 19.6. The van der Waals surface area contributed by atoms with E-state index in [0.717, 1.165) is 42.0 Å². The van der Waals surface area contributed by atoms with E-state index in [2.05, 4.69) is 45.2 Å². The molecule has 2 aromatic carbocycles. The lowest BCUT2D eigenvalue weighted by Gasteiger charge is -2.56. The number of hydrogen-bond donors (Lipinski definition) is 2. The quantitative estimate of drug-likeness (QED) is 0.469. The van der Waals surface area contributed by atoms with Crippen LogP contribution >= 0.6 is 0 Å². The smallest absolute Gasteiger partial charge is 0.256 e. The molecule has 1 amide bonds. The Hall–Kier alpha value is -3.68. The Kier molecular flexibility index (Phi) is 5.31. The maximum atomic E-state index is 13.6. The van der Waals surface area contributed by atoms with Gasteiger partial charge >= 0.3 is 0 Å². The molecule has 2 N–H and O–H groups in total. The average Bonchev–Trinajstić information content (AvgIpc) is 3.27. The summed E-state index contributed by atoms with van der Waals surface area (Å²) in [5.74, 6) is 0.660. The first-order valence-corrected chi connectivity index (χ1v) is 11.9. The molecular formula is C28H28N4O3. The van der Waals surface area contributed by atoms with Crippen molar-refractivity contribution in [2.75, 3.05) is 33.4 Å². The maximum Gasteiger partial charge on any atom is 0.256 e. The van der Waals surface area contributed by atoms with Crippen molar-refractivity contribution >= 4 is 16.8 Å². The van der Waals surface area contributed by atoms with Crippen LogP contribution in [0.1, 0.15) is 33.2 Å². The molecule has 2 aliphatic rings. The highest BCUT2D eigenvalue weighted by Crippen LogP contribution is 2.49. The number of carbonyl (C=O) groups is 1. The van der Waals surface area contributed by atoms with Gasteiger partial charge in [-0.1, -0.05) is 30.3 Å². The van der Waals surface area contributed by atoms with Crippen molar-refractivity contribution in [1.29, 1.82) is 0 Å².